The summed E-state index contributed by atoms with van der Waals surface area (Å²) in [6.07, 6.45) is 0. The van der Waals surface area contributed by atoms with Gasteiger partial charge in [-0.2, -0.15) is 5.10 Å². The van der Waals surface area contributed by atoms with Crippen molar-refractivity contribution in [1.29, 1.82) is 0 Å². The van der Waals surface area contributed by atoms with Crippen LogP contribution in [0.3, 0.4) is 0 Å². The van der Waals surface area contributed by atoms with Gasteiger partial charge in [0.1, 0.15) is 0 Å². The Morgan fingerprint density at radius 1 is 1.32 bits per heavy atom. The van der Waals surface area contributed by atoms with Crippen LogP contribution in [0.25, 0.3) is 0 Å². The van der Waals surface area contributed by atoms with Gasteiger partial charge in [0.2, 0.25) is 0 Å². The standard InChI is InChI=1S/C13H16N4O2/c1-9-12(10(2)16-15-9)8-14-7-11-5-3-4-6-13(11)17(18)19/h3-6,14H,7-8H2,1-2H3,(H,15,16). The van der Waals surface area contributed by atoms with Crippen molar-refractivity contribution in [1.82, 2.24) is 15.5 Å². The summed E-state index contributed by atoms with van der Waals surface area (Å²) in [5.41, 5.74) is 3.92. The van der Waals surface area contributed by atoms with E-state index < -0.39 is 0 Å². The van der Waals surface area contributed by atoms with Crippen LogP contribution >= 0.6 is 0 Å². The number of aryl methyl sites for hydroxylation is 2. The number of para-hydroxylation sites is 1. The molecule has 0 spiro atoms. The van der Waals surface area contributed by atoms with Crippen molar-refractivity contribution in [2.45, 2.75) is 26.9 Å². The summed E-state index contributed by atoms with van der Waals surface area (Å²) >= 11 is 0. The summed E-state index contributed by atoms with van der Waals surface area (Å²) in [5.74, 6) is 0. The van der Waals surface area contributed by atoms with Crippen LogP contribution in [0.15, 0.2) is 24.3 Å². The van der Waals surface area contributed by atoms with Gasteiger partial charge in [-0.05, 0) is 13.8 Å². The molecule has 2 rings (SSSR count). The van der Waals surface area contributed by atoms with E-state index in [0.29, 0.717) is 18.7 Å². The summed E-state index contributed by atoms with van der Waals surface area (Å²) < 4.78 is 0. The summed E-state index contributed by atoms with van der Waals surface area (Å²) in [6.45, 7) is 4.99. The summed E-state index contributed by atoms with van der Waals surface area (Å²) in [6, 6.07) is 6.76. The molecule has 0 amide bonds. The van der Waals surface area contributed by atoms with Crippen molar-refractivity contribution in [2.24, 2.45) is 0 Å². The van der Waals surface area contributed by atoms with E-state index in [1.807, 2.05) is 13.8 Å². The molecule has 2 N–H and O–H groups in total. The minimum absolute atomic E-state index is 0.149. The van der Waals surface area contributed by atoms with Crippen molar-refractivity contribution in [3.8, 4) is 0 Å². The number of aromatic amines is 1. The SMILES string of the molecule is Cc1n[nH]c(C)c1CNCc1ccccc1[N+](=O)[O-]. The first-order valence-corrected chi connectivity index (χ1v) is 6.03. The Morgan fingerprint density at radius 2 is 2.05 bits per heavy atom. The Morgan fingerprint density at radius 3 is 2.68 bits per heavy atom. The Bertz CT molecular complexity index is 573. The van der Waals surface area contributed by atoms with Gasteiger partial charge in [-0.3, -0.25) is 15.2 Å². The van der Waals surface area contributed by atoms with Gasteiger partial charge in [-0.25, -0.2) is 0 Å². The number of nitrogens with one attached hydrogen (secondary N) is 2. The van der Waals surface area contributed by atoms with Crippen molar-refractivity contribution in [3.05, 3.63) is 56.9 Å². The lowest BCUT2D eigenvalue weighted by Gasteiger charge is -2.06. The van der Waals surface area contributed by atoms with Gasteiger partial charge in [-0.1, -0.05) is 18.2 Å². The van der Waals surface area contributed by atoms with E-state index in [4.69, 9.17) is 0 Å². The lowest BCUT2D eigenvalue weighted by molar-refractivity contribution is -0.385. The third-order valence-corrected chi connectivity index (χ3v) is 3.09. The van der Waals surface area contributed by atoms with E-state index in [-0.39, 0.29) is 10.6 Å². The van der Waals surface area contributed by atoms with Crippen LogP contribution in [0.1, 0.15) is 22.5 Å². The maximum Gasteiger partial charge on any atom is 0.273 e. The molecule has 6 heteroatoms. The first kappa shape index (κ1) is 13.2. The highest BCUT2D eigenvalue weighted by Gasteiger charge is 2.12. The molecule has 0 aliphatic rings. The molecule has 1 aromatic carbocycles. The van der Waals surface area contributed by atoms with Gasteiger partial charge in [0.05, 0.1) is 10.6 Å². The van der Waals surface area contributed by atoms with Crippen molar-refractivity contribution >= 4 is 5.69 Å². The largest absolute Gasteiger partial charge is 0.308 e. The molecule has 0 bridgehead atoms. The molecule has 0 radical (unpaired) electrons. The Labute approximate surface area is 111 Å². The second kappa shape index (κ2) is 5.62. The van der Waals surface area contributed by atoms with E-state index in [9.17, 15) is 10.1 Å². The number of hydrogen-bond acceptors (Lipinski definition) is 4. The zero-order valence-corrected chi connectivity index (χ0v) is 10.9. The average Bonchev–Trinajstić information content (AvgIpc) is 2.70. The molecule has 0 aliphatic heterocycles. The first-order valence-electron chi connectivity index (χ1n) is 6.03. The number of nitro groups is 1. The van der Waals surface area contributed by atoms with Crippen LogP contribution in [-0.2, 0) is 13.1 Å². The Kier molecular flexibility index (Phi) is 3.91. The number of nitro benzene ring substituents is 1. The lowest BCUT2D eigenvalue weighted by Crippen LogP contribution is -2.14. The number of rotatable bonds is 5. The van der Waals surface area contributed by atoms with Gasteiger partial charge in [0.25, 0.3) is 5.69 Å². The van der Waals surface area contributed by atoms with Gasteiger partial charge in [-0.15, -0.1) is 0 Å². The Balaban J connectivity index is 2.02. The maximum absolute atomic E-state index is 10.9. The third kappa shape index (κ3) is 2.97. The number of aromatic nitrogens is 2. The number of hydrogen-bond donors (Lipinski definition) is 2. The molecule has 0 aliphatic carbocycles. The van der Waals surface area contributed by atoms with Crippen molar-refractivity contribution in [2.75, 3.05) is 0 Å². The van der Waals surface area contributed by atoms with Crippen LogP contribution in [0.2, 0.25) is 0 Å². The molecule has 0 saturated carbocycles. The second-order valence-corrected chi connectivity index (χ2v) is 4.40. The quantitative estimate of drug-likeness (QED) is 0.637. The van der Waals surface area contributed by atoms with Gasteiger partial charge in [0.15, 0.2) is 0 Å². The van der Waals surface area contributed by atoms with Crippen LogP contribution in [0.5, 0.6) is 0 Å². The molecule has 1 heterocycles. The van der Waals surface area contributed by atoms with Crippen LogP contribution in [-0.4, -0.2) is 15.1 Å². The smallest absolute Gasteiger partial charge is 0.273 e. The van der Waals surface area contributed by atoms with Crippen molar-refractivity contribution in [3.63, 3.8) is 0 Å². The monoisotopic (exact) mass is 260 g/mol. The van der Waals surface area contributed by atoms with Gasteiger partial charge >= 0.3 is 0 Å². The zero-order valence-electron chi connectivity index (χ0n) is 10.9. The minimum atomic E-state index is -0.356. The average molecular weight is 260 g/mol. The van der Waals surface area contributed by atoms with E-state index in [1.54, 1.807) is 18.2 Å². The van der Waals surface area contributed by atoms with E-state index in [0.717, 1.165) is 17.0 Å². The fourth-order valence-electron chi connectivity index (χ4n) is 2.00. The molecule has 0 fully saturated rings. The molecule has 2 aromatic rings. The van der Waals surface area contributed by atoms with E-state index in [1.165, 1.54) is 6.07 Å². The highest BCUT2D eigenvalue weighted by molar-refractivity contribution is 5.39. The Hall–Kier alpha value is -2.21. The second-order valence-electron chi connectivity index (χ2n) is 4.40. The molecule has 100 valence electrons. The molecule has 0 unspecified atom stereocenters. The predicted octanol–water partition coefficient (Wildman–Crippen LogP) is 2.22. The maximum atomic E-state index is 10.9. The molecular weight excluding hydrogens is 244 g/mol. The topological polar surface area (TPSA) is 83.8 Å². The predicted molar refractivity (Wildman–Crippen MR) is 71.7 cm³/mol. The van der Waals surface area contributed by atoms with Crippen LogP contribution in [0, 0.1) is 24.0 Å². The molecule has 6 nitrogen and oxygen atoms in total. The molecule has 1 aromatic heterocycles. The normalized spacial score (nSPS) is 10.6. The molecular formula is C13H16N4O2. The summed E-state index contributed by atoms with van der Waals surface area (Å²) in [4.78, 5) is 10.5. The fourth-order valence-corrected chi connectivity index (χ4v) is 2.00. The number of H-pyrrole nitrogens is 1. The van der Waals surface area contributed by atoms with Gasteiger partial charge < -0.3 is 5.32 Å². The first-order chi connectivity index (χ1) is 9.09. The zero-order chi connectivity index (χ0) is 13.8. The number of nitrogens with zero attached hydrogens (tertiary/aromatic N) is 2. The summed E-state index contributed by atoms with van der Waals surface area (Å²) in [7, 11) is 0. The van der Waals surface area contributed by atoms with Crippen molar-refractivity contribution < 1.29 is 4.92 Å². The molecule has 19 heavy (non-hydrogen) atoms. The summed E-state index contributed by atoms with van der Waals surface area (Å²) in [5, 5.41) is 21.1. The van der Waals surface area contributed by atoms with E-state index in [2.05, 4.69) is 15.5 Å². The highest BCUT2D eigenvalue weighted by atomic mass is 16.6. The highest BCUT2D eigenvalue weighted by Crippen LogP contribution is 2.17. The molecule has 0 saturated heterocycles. The lowest BCUT2D eigenvalue weighted by atomic mass is 10.1. The minimum Gasteiger partial charge on any atom is -0.308 e. The van der Waals surface area contributed by atoms with E-state index >= 15 is 0 Å². The van der Waals surface area contributed by atoms with Crippen LogP contribution < -0.4 is 5.32 Å². The van der Waals surface area contributed by atoms with Crippen LogP contribution in [0.4, 0.5) is 5.69 Å². The van der Waals surface area contributed by atoms with Gasteiger partial charge in [0, 0.05) is 36.0 Å². The third-order valence-electron chi connectivity index (χ3n) is 3.09. The number of benzene rings is 1. The molecule has 0 atom stereocenters. The fraction of sp³-hybridized carbons (Fsp3) is 0.308.